The van der Waals surface area contributed by atoms with Crippen molar-refractivity contribution in [1.82, 2.24) is 20.4 Å². The first kappa shape index (κ1) is 47.2. The third-order valence-electron chi connectivity index (χ3n) is 11.8. The smallest absolute Gasteiger partial charge is 0.294 e. The van der Waals surface area contributed by atoms with E-state index in [0.717, 1.165) is 11.1 Å². The molecule has 4 atom stereocenters. The van der Waals surface area contributed by atoms with Crippen LogP contribution in [0.1, 0.15) is 71.4 Å². The monoisotopic (exact) mass is 900 g/mol. The molecule has 4 aromatic carbocycles. The molecule has 2 amide bonds. The highest BCUT2D eigenvalue weighted by Gasteiger charge is 2.41. The summed E-state index contributed by atoms with van der Waals surface area (Å²) in [6.07, 6.45) is 4.82. The van der Waals surface area contributed by atoms with Crippen LogP contribution in [0.25, 0.3) is 0 Å². The van der Waals surface area contributed by atoms with Crippen LogP contribution in [0, 0.1) is 25.7 Å². The Hall–Kier alpha value is -3.86. The van der Waals surface area contributed by atoms with Crippen molar-refractivity contribution in [2.75, 3.05) is 26.2 Å². The Kier molecular flexibility index (Phi) is 16.4. The zero-order valence-electron chi connectivity index (χ0n) is 34.2. The van der Waals surface area contributed by atoms with Crippen LogP contribution >= 0.6 is 23.2 Å². The number of nitrogens with one attached hydrogen (secondary N) is 2. The molecule has 0 unspecified atom stereocenters. The summed E-state index contributed by atoms with van der Waals surface area (Å²) >= 11 is 11.7. The summed E-state index contributed by atoms with van der Waals surface area (Å²) in [5, 5.41) is 7.74. The lowest BCUT2D eigenvalue weighted by Gasteiger charge is -2.49. The highest BCUT2D eigenvalue weighted by atomic mass is 35.5. The Balaban J connectivity index is 0.000000157. The number of piperidine rings is 6. The van der Waals surface area contributed by atoms with Crippen molar-refractivity contribution in [3.05, 3.63) is 129 Å². The molecule has 0 radical (unpaired) electrons. The van der Waals surface area contributed by atoms with Crippen LogP contribution in [0.4, 0.5) is 0 Å². The number of amides is 2. The molecule has 324 valence electrons. The zero-order chi connectivity index (χ0) is 43.8. The molecule has 12 nitrogen and oxygen atoms in total. The predicted octanol–water partition coefficient (Wildman–Crippen LogP) is 7.59. The summed E-state index contributed by atoms with van der Waals surface area (Å²) in [5.41, 5.74) is 3.29. The van der Waals surface area contributed by atoms with E-state index in [9.17, 15) is 26.4 Å². The molecule has 6 aliphatic heterocycles. The van der Waals surface area contributed by atoms with E-state index in [1.54, 1.807) is 72.8 Å². The Morgan fingerprint density at radius 2 is 0.817 bits per heavy atom. The number of nitrogens with zero attached hydrogens (tertiary/aromatic N) is 2. The van der Waals surface area contributed by atoms with Crippen molar-refractivity contribution >= 4 is 55.3 Å². The zero-order valence-corrected chi connectivity index (χ0v) is 37.3. The summed E-state index contributed by atoms with van der Waals surface area (Å²) in [6.45, 7) is 12.8. The number of benzene rings is 4. The molecule has 4 aromatic rings. The van der Waals surface area contributed by atoms with Gasteiger partial charge in [-0.05, 0) is 164 Å². The van der Waals surface area contributed by atoms with Crippen molar-refractivity contribution in [3.8, 4) is 0 Å². The molecule has 16 heteroatoms. The number of hydrogen-bond acceptors (Lipinski definition) is 8. The standard InChI is InChI=1S/2C15H19ClN2O.2C7H8O3S/c2*1-10-14(11-6-8-18(10)9-7-11)17-15(19)12-2-4-13(16)5-3-12;2*1-6-2-4-7(5-3-6)11(8,9)10/h2*2-5,10-11,14H,6-9H2,1H3,(H,17,19);2*2-5H,1H3,(H,8,9,10)/t2*10-,14-;;/m10../s1. The molecule has 4 N–H and O–H groups in total. The van der Waals surface area contributed by atoms with Gasteiger partial charge < -0.3 is 10.6 Å². The molecule has 4 bridgehead atoms. The number of carbonyl (C=O) groups is 2. The van der Waals surface area contributed by atoms with Gasteiger partial charge in [0, 0.05) is 45.3 Å². The van der Waals surface area contributed by atoms with Crippen LogP contribution in [-0.4, -0.2) is 97.9 Å². The number of halogens is 2. The molecule has 6 heterocycles. The van der Waals surface area contributed by atoms with Gasteiger partial charge in [0.05, 0.1) is 9.79 Å². The Morgan fingerprint density at radius 3 is 1.07 bits per heavy atom. The molecule has 0 aliphatic carbocycles. The second-order valence-corrected chi connectivity index (χ2v) is 19.5. The third-order valence-corrected chi connectivity index (χ3v) is 14.0. The average Bonchev–Trinajstić information content (AvgIpc) is 3.22. The lowest BCUT2D eigenvalue weighted by molar-refractivity contribution is 0.0217. The van der Waals surface area contributed by atoms with Crippen LogP contribution in [0.5, 0.6) is 0 Å². The minimum Gasteiger partial charge on any atom is -0.347 e. The number of aryl methyl sites for hydroxylation is 2. The fraction of sp³-hybridized carbons (Fsp3) is 0.409. The largest absolute Gasteiger partial charge is 0.347 e. The normalized spacial score (nSPS) is 25.2. The summed E-state index contributed by atoms with van der Waals surface area (Å²) in [4.78, 5) is 29.4. The minimum atomic E-state index is -4.02. The number of hydrogen-bond donors (Lipinski definition) is 4. The van der Waals surface area contributed by atoms with Crippen molar-refractivity contribution in [2.24, 2.45) is 11.8 Å². The fourth-order valence-corrected chi connectivity index (χ4v) is 9.39. The summed E-state index contributed by atoms with van der Waals surface area (Å²) in [5.74, 6) is 1.30. The topological polar surface area (TPSA) is 173 Å². The van der Waals surface area contributed by atoms with Gasteiger partial charge in [0.2, 0.25) is 0 Å². The van der Waals surface area contributed by atoms with Crippen LogP contribution in [-0.2, 0) is 20.2 Å². The predicted molar refractivity (Wildman–Crippen MR) is 235 cm³/mol. The molecule has 0 saturated carbocycles. The van der Waals surface area contributed by atoms with E-state index in [2.05, 4.69) is 34.3 Å². The van der Waals surface area contributed by atoms with Gasteiger partial charge in [-0.15, -0.1) is 0 Å². The molecule has 0 aromatic heterocycles. The molecule has 6 fully saturated rings. The lowest BCUT2D eigenvalue weighted by atomic mass is 9.79. The summed E-state index contributed by atoms with van der Waals surface area (Å²) in [6, 6.07) is 27.6. The second kappa shape index (κ2) is 20.8. The first-order chi connectivity index (χ1) is 28.3. The SMILES string of the molecule is C[C@@H]1[C@@H](NC(=O)c2ccc(Cl)cc2)C2CCN1CC2.C[C@H]1[C@H](NC(=O)c2ccc(Cl)cc2)C2CCN1CC2.Cc1ccc(S(=O)(=O)O)cc1.Cc1ccc(S(=O)(=O)O)cc1. The first-order valence-electron chi connectivity index (χ1n) is 20.0. The third kappa shape index (κ3) is 13.1. The van der Waals surface area contributed by atoms with Crippen molar-refractivity contribution in [2.45, 2.75) is 87.3 Å². The minimum absolute atomic E-state index is 0.0160. The Labute approximate surface area is 364 Å². The fourth-order valence-electron chi connectivity index (χ4n) is 8.18. The Morgan fingerprint density at radius 1 is 0.533 bits per heavy atom. The van der Waals surface area contributed by atoms with Crippen LogP contribution in [0.2, 0.25) is 10.0 Å². The van der Waals surface area contributed by atoms with E-state index < -0.39 is 20.2 Å². The highest BCUT2D eigenvalue weighted by Crippen LogP contribution is 2.33. The molecule has 6 aliphatic rings. The lowest BCUT2D eigenvalue weighted by Crippen LogP contribution is -2.62. The highest BCUT2D eigenvalue weighted by molar-refractivity contribution is 7.86. The molecular weight excluding hydrogens is 848 g/mol. The van der Waals surface area contributed by atoms with Gasteiger partial charge in [0.15, 0.2) is 0 Å². The van der Waals surface area contributed by atoms with Gasteiger partial charge in [-0.2, -0.15) is 16.8 Å². The quantitative estimate of drug-likeness (QED) is 0.141. The van der Waals surface area contributed by atoms with E-state index in [1.807, 2.05) is 13.8 Å². The number of carbonyl (C=O) groups excluding carboxylic acids is 2. The molecule has 0 spiro atoms. The van der Waals surface area contributed by atoms with Gasteiger partial charge in [-0.3, -0.25) is 28.5 Å². The van der Waals surface area contributed by atoms with Gasteiger partial charge in [0.25, 0.3) is 32.1 Å². The molecule has 60 heavy (non-hydrogen) atoms. The van der Waals surface area contributed by atoms with Crippen molar-refractivity contribution in [1.29, 1.82) is 0 Å². The van der Waals surface area contributed by atoms with E-state index in [1.165, 1.54) is 76.1 Å². The number of fused-ring (bicyclic) bond motifs is 6. The maximum absolute atomic E-state index is 12.3. The Bertz CT molecular complexity index is 2100. The van der Waals surface area contributed by atoms with Crippen LogP contribution in [0.15, 0.2) is 107 Å². The molecular formula is C44H54Cl2N4O8S2. The van der Waals surface area contributed by atoms with Gasteiger partial charge in [0.1, 0.15) is 0 Å². The van der Waals surface area contributed by atoms with Gasteiger partial charge in [-0.1, -0.05) is 58.6 Å². The first-order valence-corrected chi connectivity index (χ1v) is 23.6. The van der Waals surface area contributed by atoms with Gasteiger partial charge >= 0.3 is 0 Å². The van der Waals surface area contributed by atoms with E-state index >= 15 is 0 Å². The van der Waals surface area contributed by atoms with Crippen molar-refractivity contribution in [3.63, 3.8) is 0 Å². The average molecular weight is 902 g/mol. The van der Waals surface area contributed by atoms with E-state index in [4.69, 9.17) is 32.3 Å². The maximum Gasteiger partial charge on any atom is 0.294 e. The van der Waals surface area contributed by atoms with Crippen LogP contribution in [0.3, 0.4) is 0 Å². The maximum atomic E-state index is 12.3. The van der Waals surface area contributed by atoms with Crippen molar-refractivity contribution < 1.29 is 35.5 Å². The summed E-state index contributed by atoms with van der Waals surface area (Å²) in [7, 11) is -8.04. The van der Waals surface area contributed by atoms with E-state index in [0.29, 0.717) is 45.1 Å². The molecule has 10 rings (SSSR count). The second-order valence-electron chi connectivity index (χ2n) is 15.8. The van der Waals surface area contributed by atoms with E-state index in [-0.39, 0.29) is 33.7 Å². The van der Waals surface area contributed by atoms with Crippen LogP contribution < -0.4 is 10.6 Å². The summed E-state index contributed by atoms with van der Waals surface area (Å²) < 4.78 is 59.1. The number of rotatable bonds is 6. The van der Waals surface area contributed by atoms with Gasteiger partial charge in [-0.25, -0.2) is 0 Å². The molecule has 6 saturated heterocycles.